The Morgan fingerprint density at radius 2 is 1.56 bits per heavy atom. The van der Waals surface area contributed by atoms with Crippen LogP contribution in [0.3, 0.4) is 0 Å². The zero-order valence-corrected chi connectivity index (χ0v) is 22.9. The summed E-state index contributed by atoms with van der Waals surface area (Å²) >= 11 is 5.94. The fourth-order valence-electron chi connectivity index (χ4n) is 5.28. The Labute approximate surface area is 233 Å². The number of aryl methyl sites for hydroxylation is 2. The van der Waals surface area contributed by atoms with Gasteiger partial charge in [0.2, 0.25) is 0 Å². The lowest BCUT2D eigenvalue weighted by Gasteiger charge is -2.28. The first-order chi connectivity index (χ1) is 19.0. The second-order valence-electron chi connectivity index (χ2n) is 9.76. The molecule has 6 rings (SSSR count). The minimum atomic E-state index is -0.126. The molecule has 5 aromatic rings. The minimum absolute atomic E-state index is 0.112. The quantitative estimate of drug-likeness (QED) is 0.235. The molecule has 0 aliphatic carbocycles. The van der Waals surface area contributed by atoms with Crippen molar-refractivity contribution in [2.75, 3.05) is 4.90 Å². The number of pyridine rings is 2. The van der Waals surface area contributed by atoms with Crippen LogP contribution >= 0.6 is 12.2 Å². The number of nitrogens with zero attached hydrogens (tertiary/aromatic N) is 4. The number of hydrogen-bond donors (Lipinski definition) is 1. The standard InChI is InChI=1S/C32H29N5OS/c1-21-12-17-29(34-20-21)36-22(2)19-27(23(36)3)31-30(28-11-7-8-18-33-28)35-32(39)37(31)24-13-15-26(16-14-24)38-25-9-5-4-6-10-25/h4-20,30-31H,1-3H3,(H,35,39)/t30-,31-/m1/s1. The number of anilines is 1. The number of rotatable bonds is 6. The number of ether oxygens (including phenoxy) is 1. The van der Waals surface area contributed by atoms with E-state index in [1.165, 1.54) is 5.56 Å². The van der Waals surface area contributed by atoms with Crippen LogP contribution in [-0.4, -0.2) is 19.6 Å². The van der Waals surface area contributed by atoms with E-state index in [0.717, 1.165) is 45.6 Å². The lowest BCUT2D eigenvalue weighted by molar-refractivity contribution is 0.482. The zero-order chi connectivity index (χ0) is 26.9. The molecule has 39 heavy (non-hydrogen) atoms. The largest absolute Gasteiger partial charge is 0.457 e. The monoisotopic (exact) mass is 531 g/mol. The Hall–Kier alpha value is -4.49. The van der Waals surface area contributed by atoms with Gasteiger partial charge in [-0.15, -0.1) is 0 Å². The molecule has 2 atom stereocenters. The maximum Gasteiger partial charge on any atom is 0.174 e. The van der Waals surface area contributed by atoms with Crippen LogP contribution in [0.15, 0.2) is 103 Å². The van der Waals surface area contributed by atoms with Crippen LogP contribution in [-0.2, 0) is 0 Å². The molecule has 6 nitrogen and oxygen atoms in total. The highest BCUT2D eigenvalue weighted by molar-refractivity contribution is 7.80. The van der Waals surface area contributed by atoms with E-state index in [4.69, 9.17) is 26.9 Å². The summed E-state index contributed by atoms with van der Waals surface area (Å²) in [5, 5.41) is 4.22. The average Bonchev–Trinajstić information content (AvgIpc) is 3.45. The molecule has 0 radical (unpaired) electrons. The Bertz CT molecular complexity index is 1600. The molecule has 2 aromatic carbocycles. The first kappa shape index (κ1) is 24.8. The van der Waals surface area contributed by atoms with Crippen molar-refractivity contribution in [2.24, 2.45) is 0 Å². The average molecular weight is 532 g/mol. The van der Waals surface area contributed by atoms with Gasteiger partial charge < -0.3 is 19.5 Å². The van der Waals surface area contributed by atoms with E-state index in [1.54, 1.807) is 0 Å². The topological polar surface area (TPSA) is 55.2 Å². The Morgan fingerprint density at radius 1 is 0.821 bits per heavy atom. The second kappa shape index (κ2) is 10.3. The molecule has 1 saturated heterocycles. The molecule has 1 N–H and O–H groups in total. The van der Waals surface area contributed by atoms with Crippen molar-refractivity contribution in [1.82, 2.24) is 19.9 Å². The molecule has 1 aliphatic rings. The summed E-state index contributed by atoms with van der Waals surface area (Å²) in [5.74, 6) is 2.47. The van der Waals surface area contributed by atoms with Crippen molar-refractivity contribution in [1.29, 1.82) is 0 Å². The summed E-state index contributed by atoms with van der Waals surface area (Å²) in [4.78, 5) is 11.6. The van der Waals surface area contributed by atoms with Gasteiger partial charge in [-0.3, -0.25) is 4.98 Å². The molecule has 1 fully saturated rings. The van der Waals surface area contributed by atoms with Crippen LogP contribution in [0.4, 0.5) is 5.69 Å². The summed E-state index contributed by atoms with van der Waals surface area (Å²) in [6, 6.07) is 30.0. The van der Waals surface area contributed by atoms with E-state index in [1.807, 2.05) is 80.0 Å². The number of nitrogens with one attached hydrogen (secondary N) is 1. The third-order valence-corrected chi connectivity index (χ3v) is 7.42. The second-order valence-corrected chi connectivity index (χ2v) is 10.1. The summed E-state index contributed by atoms with van der Waals surface area (Å²) in [5.41, 5.74) is 6.46. The van der Waals surface area contributed by atoms with Gasteiger partial charge in [-0.25, -0.2) is 4.98 Å². The molecule has 0 bridgehead atoms. The molecular weight excluding hydrogens is 502 g/mol. The van der Waals surface area contributed by atoms with Crippen LogP contribution in [0.1, 0.15) is 40.3 Å². The molecule has 1 aliphatic heterocycles. The Kier molecular flexibility index (Phi) is 6.59. The summed E-state index contributed by atoms with van der Waals surface area (Å²) in [6.45, 7) is 6.32. The first-order valence-electron chi connectivity index (χ1n) is 12.9. The van der Waals surface area contributed by atoms with E-state index < -0.39 is 0 Å². The van der Waals surface area contributed by atoms with Crippen LogP contribution in [0, 0.1) is 20.8 Å². The van der Waals surface area contributed by atoms with Gasteiger partial charge in [0, 0.05) is 29.5 Å². The van der Waals surface area contributed by atoms with Crippen molar-refractivity contribution in [3.8, 4) is 17.3 Å². The third kappa shape index (κ3) is 4.77. The van der Waals surface area contributed by atoms with Crippen LogP contribution < -0.4 is 15.0 Å². The van der Waals surface area contributed by atoms with Crippen molar-refractivity contribution in [3.63, 3.8) is 0 Å². The molecule has 0 saturated carbocycles. The minimum Gasteiger partial charge on any atom is -0.457 e. The van der Waals surface area contributed by atoms with Gasteiger partial charge in [0.05, 0.1) is 17.8 Å². The van der Waals surface area contributed by atoms with E-state index in [-0.39, 0.29) is 12.1 Å². The fraction of sp³-hybridized carbons (Fsp3) is 0.156. The molecule has 0 amide bonds. The van der Waals surface area contributed by atoms with Crippen LogP contribution in [0.2, 0.25) is 0 Å². The van der Waals surface area contributed by atoms with Gasteiger partial charge in [0.25, 0.3) is 0 Å². The van der Waals surface area contributed by atoms with E-state index in [9.17, 15) is 0 Å². The number of aromatic nitrogens is 3. The van der Waals surface area contributed by atoms with Crippen molar-refractivity contribution < 1.29 is 4.74 Å². The maximum absolute atomic E-state index is 6.03. The molecule has 7 heteroatoms. The van der Waals surface area contributed by atoms with Gasteiger partial charge in [-0.1, -0.05) is 30.3 Å². The molecule has 194 valence electrons. The summed E-state index contributed by atoms with van der Waals surface area (Å²) in [6.07, 6.45) is 3.73. The van der Waals surface area contributed by atoms with Crippen molar-refractivity contribution >= 4 is 23.0 Å². The van der Waals surface area contributed by atoms with Crippen LogP contribution in [0.25, 0.3) is 5.82 Å². The van der Waals surface area contributed by atoms with Gasteiger partial charge >= 0.3 is 0 Å². The van der Waals surface area contributed by atoms with Crippen molar-refractivity contribution in [2.45, 2.75) is 32.9 Å². The summed E-state index contributed by atoms with van der Waals surface area (Å²) < 4.78 is 8.24. The van der Waals surface area contributed by atoms with E-state index >= 15 is 0 Å². The fourth-order valence-corrected chi connectivity index (χ4v) is 5.63. The highest BCUT2D eigenvalue weighted by Crippen LogP contribution is 2.44. The predicted molar refractivity (Wildman–Crippen MR) is 159 cm³/mol. The normalized spacial score (nSPS) is 16.8. The Balaban J connectivity index is 1.41. The predicted octanol–water partition coefficient (Wildman–Crippen LogP) is 7.16. The highest BCUT2D eigenvalue weighted by atomic mass is 32.1. The molecule has 3 aromatic heterocycles. The smallest absolute Gasteiger partial charge is 0.174 e. The zero-order valence-electron chi connectivity index (χ0n) is 22.1. The van der Waals surface area contributed by atoms with Gasteiger partial charge in [0.15, 0.2) is 5.11 Å². The lowest BCUT2D eigenvalue weighted by atomic mass is 9.96. The summed E-state index contributed by atoms with van der Waals surface area (Å²) in [7, 11) is 0. The molecule has 0 spiro atoms. The van der Waals surface area contributed by atoms with Gasteiger partial charge in [-0.05, 0) is 105 Å². The van der Waals surface area contributed by atoms with E-state index in [0.29, 0.717) is 5.11 Å². The first-order valence-corrected chi connectivity index (χ1v) is 13.4. The van der Waals surface area contributed by atoms with E-state index in [2.05, 4.69) is 59.0 Å². The SMILES string of the molecule is Cc1ccc(-n2c(C)cc([C@@H]3[C@@H](c4ccccn4)NC(=S)N3c3ccc(Oc4ccccc4)cc3)c2C)nc1. The van der Waals surface area contributed by atoms with Crippen molar-refractivity contribution in [3.05, 3.63) is 132 Å². The maximum atomic E-state index is 6.03. The number of para-hydroxylation sites is 1. The number of thiocarbonyl (C=S) groups is 1. The molecule has 4 heterocycles. The lowest BCUT2D eigenvalue weighted by Crippen LogP contribution is -2.29. The third-order valence-electron chi connectivity index (χ3n) is 7.11. The number of benzene rings is 2. The van der Waals surface area contributed by atoms with Gasteiger partial charge in [-0.2, -0.15) is 0 Å². The van der Waals surface area contributed by atoms with Crippen LogP contribution in [0.5, 0.6) is 11.5 Å². The highest BCUT2D eigenvalue weighted by Gasteiger charge is 2.42. The molecular formula is C32H29N5OS. The van der Waals surface area contributed by atoms with Gasteiger partial charge in [0.1, 0.15) is 17.3 Å². The Morgan fingerprint density at radius 3 is 2.26 bits per heavy atom. The number of hydrogen-bond acceptors (Lipinski definition) is 4. The molecule has 0 unspecified atom stereocenters.